The molecule has 104 valence electrons. The standard InChI is InChI=1S/C13H16ClNO4/c1-9(13(17)15-8-7-12(16)18-2)19-11-6-4-3-5-10(11)14/h3-6,9H,7-8H2,1-2H3,(H,15,17). The van der Waals surface area contributed by atoms with Crippen LogP contribution in [0, 0.1) is 0 Å². The molecule has 1 atom stereocenters. The molecular weight excluding hydrogens is 270 g/mol. The summed E-state index contributed by atoms with van der Waals surface area (Å²) in [5.74, 6) is -0.247. The fourth-order valence-corrected chi connectivity index (χ4v) is 1.50. The second-order valence-electron chi connectivity index (χ2n) is 3.81. The molecule has 1 amide bonds. The van der Waals surface area contributed by atoms with Crippen molar-refractivity contribution < 1.29 is 19.1 Å². The first-order chi connectivity index (χ1) is 9.04. The predicted octanol–water partition coefficient (Wildman–Crippen LogP) is 1.79. The molecular formula is C13H16ClNO4. The molecule has 0 radical (unpaired) electrons. The molecule has 1 aromatic rings. The summed E-state index contributed by atoms with van der Waals surface area (Å²) in [6, 6.07) is 6.90. The van der Waals surface area contributed by atoms with Gasteiger partial charge in [0.15, 0.2) is 6.10 Å². The zero-order valence-electron chi connectivity index (χ0n) is 10.8. The molecule has 0 saturated heterocycles. The van der Waals surface area contributed by atoms with Crippen molar-refractivity contribution in [3.8, 4) is 5.75 Å². The number of benzene rings is 1. The average molecular weight is 286 g/mol. The molecule has 1 unspecified atom stereocenters. The van der Waals surface area contributed by atoms with Crippen LogP contribution in [-0.4, -0.2) is 31.6 Å². The Morgan fingerprint density at radius 1 is 1.37 bits per heavy atom. The molecule has 0 bridgehead atoms. The van der Waals surface area contributed by atoms with E-state index in [0.29, 0.717) is 10.8 Å². The second-order valence-corrected chi connectivity index (χ2v) is 4.21. The number of methoxy groups -OCH3 is 1. The number of nitrogens with one attached hydrogen (secondary N) is 1. The van der Waals surface area contributed by atoms with E-state index >= 15 is 0 Å². The minimum absolute atomic E-state index is 0.126. The van der Waals surface area contributed by atoms with Crippen molar-refractivity contribution in [3.05, 3.63) is 29.3 Å². The Balaban J connectivity index is 2.41. The van der Waals surface area contributed by atoms with Crippen LogP contribution in [0.2, 0.25) is 5.02 Å². The fourth-order valence-electron chi connectivity index (χ4n) is 1.32. The molecule has 5 nitrogen and oxygen atoms in total. The second kappa shape index (κ2) is 7.63. The Bertz CT molecular complexity index is 450. The highest BCUT2D eigenvalue weighted by Gasteiger charge is 2.15. The monoisotopic (exact) mass is 285 g/mol. The molecule has 0 aliphatic heterocycles. The highest BCUT2D eigenvalue weighted by atomic mass is 35.5. The number of carbonyl (C=O) groups excluding carboxylic acids is 2. The summed E-state index contributed by atoms with van der Waals surface area (Å²) in [4.78, 5) is 22.6. The highest BCUT2D eigenvalue weighted by molar-refractivity contribution is 6.32. The van der Waals surface area contributed by atoms with Gasteiger partial charge in [0.1, 0.15) is 5.75 Å². The van der Waals surface area contributed by atoms with E-state index in [1.807, 2.05) is 0 Å². The van der Waals surface area contributed by atoms with Crippen LogP contribution < -0.4 is 10.1 Å². The van der Waals surface area contributed by atoms with Crippen molar-refractivity contribution in [3.63, 3.8) is 0 Å². The Morgan fingerprint density at radius 2 is 2.05 bits per heavy atom. The van der Waals surface area contributed by atoms with Gasteiger partial charge < -0.3 is 14.8 Å². The van der Waals surface area contributed by atoms with E-state index in [-0.39, 0.29) is 24.8 Å². The van der Waals surface area contributed by atoms with Gasteiger partial charge in [0.05, 0.1) is 18.6 Å². The predicted molar refractivity (Wildman–Crippen MR) is 71.2 cm³/mol. The Labute approximate surface area is 116 Å². The summed E-state index contributed by atoms with van der Waals surface area (Å²) >= 11 is 5.92. The van der Waals surface area contributed by atoms with Crippen molar-refractivity contribution in [2.75, 3.05) is 13.7 Å². The summed E-state index contributed by atoms with van der Waals surface area (Å²) < 4.78 is 9.90. The van der Waals surface area contributed by atoms with Gasteiger partial charge in [-0.3, -0.25) is 9.59 Å². The molecule has 0 aliphatic rings. The molecule has 1 N–H and O–H groups in total. The van der Waals surface area contributed by atoms with Crippen LogP contribution in [0.5, 0.6) is 5.75 Å². The number of para-hydroxylation sites is 1. The van der Waals surface area contributed by atoms with E-state index in [1.165, 1.54) is 7.11 Å². The minimum Gasteiger partial charge on any atom is -0.479 e. The molecule has 0 spiro atoms. The third-order valence-electron chi connectivity index (χ3n) is 2.37. The van der Waals surface area contributed by atoms with E-state index in [0.717, 1.165) is 0 Å². The third-order valence-corrected chi connectivity index (χ3v) is 2.68. The molecule has 0 saturated carbocycles. The van der Waals surface area contributed by atoms with Crippen molar-refractivity contribution in [1.29, 1.82) is 0 Å². The normalized spacial score (nSPS) is 11.5. The lowest BCUT2D eigenvalue weighted by Gasteiger charge is -2.15. The van der Waals surface area contributed by atoms with E-state index < -0.39 is 6.10 Å². The van der Waals surface area contributed by atoms with E-state index in [2.05, 4.69) is 10.1 Å². The molecule has 19 heavy (non-hydrogen) atoms. The Kier molecular flexibility index (Phi) is 6.15. The minimum atomic E-state index is -0.697. The van der Waals surface area contributed by atoms with Crippen molar-refractivity contribution in [2.45, 2.75) is 19.4 Å². The number of carbonyl (C=O) groups is 2. The van der Waals surface area contributed by atoms with Gasteiger partial charge >= 0.3 is 5.97 Å². The quantitative estimate of drug-likeness (QED) is 0.809. The van der Waals surface area contributed by atoms with Gasteiger partial charge in [-0.1, -0.05) is 23.7 Å². The molecule has 6 heteroatoms. The van der Waals surface area contributed by atoms with Crippen LogP contribution in [0.1, 0.15) is 13.3 Å². The summed E-state index contributed by atoms with van der Waals surface area (Å²) in [6.45, 7) is 1.82. The zero-order chi connectivity index (χ0) is 14.3. The maximum absolute atomic E-state index is 11.7. The number of esters is 1. The van der Waals surface area contributed by atoms with Gasteiger partial charge in [-0.05, 0) is 19.1 Å². The van der Waals surface area contributed by atoms with Crippen LogP contribution in [0.25, 0.3) is 0 Å². The number of rotatable bonds is 6. The SMILES string of the molecule is COC(=O)CCNC(=O)C(C)Oc1ccccc1Cl. The van der Waals surface area contributed by atoms with E-state index in [4.69, 9.17) is 16.3 Å². The summed E-state index contributed by atoms with van der Waals surface area (Å²) in [5.41, 5.74) is 0. The first-order valence-electron chi connectivity index (χ1n) is 5.80. The Morgan fingerprint density at radius 3 is 2.68 bits per heavy atom. The smallest absolute Gasteiger partial charge is 0.307 e. The summed E-state index contributed by atoms with van der Waals surface area (Å²) in [5, 5.41) is 3.02. The van der Waals surface area contributed by atoms with E-state index in [9.17, 15) is 9.59 Å². The van der Waals surface area contributed by atoms with Gasteiger partial charge in [0.25, 0.3) is 5.91 Å². The molecule has 1 rings (SSSR count). The van der Waals surface area contributed by atoms with E-state index in [1.54, 1.807) is 31.2 Å². The van der Waals surface area contributed by atoms with Crippen LogP contribution in [0.4, 0.5) is 0 Å². The third kappa shape index (κ3) is 5.18. The molecule has 0 heterocycles. The number of ether oxygens (including phenoxy) is 2. The fraction of sp³-hybridized carbons (Fsp3) is 0.385. The largest absolute Gasteiger partial charge is 0.479 e. The molecule has 1 aromatic carbocycles. The maximum atomic E-state index is 11.7. The number of hydrogen-bond acceptors (Lipinski definition) is 4. The number of halogens is 1. The molecule has 0 aromatic heterocycles. The lowest BCUT2D eigenvalue weighted by molar-refractivity contribution is -0.140. The number of amides is 1. The van der Waals surface area contributed by atoms with Crippen molar-refractivity contribution in [1.82, 2.24) is 5.32 Å². The van der Waals surface area contributed by atoms with Gasteiger partial charge in [0.2, 0.25) is 0 Å². The molecule has 0 fully saturated rings. The maximum Gasteiger partial charge on any atom is 0.307 e. The van der Waals surface area contributed by atoms with Gasteiger partial charge in [-0.2, -0.15) is 0 Å². The summed E-state index contributed by atoms with van der Waals surface area (Å²) in [6.07, 6.45) is -0.571. The van der Waals surface area contributed by atoms with Crippen LogP contribution >= 0.6 is 11.6 Å². The van der Waals surface area contributed by atoms with Crippen LogP contribution in [0.15, 0.2) is 24.3 Å². The topological polar surface area (TPSA) is 64.6 Å². The Hall–Kier alpha value is -1.75. The van der Waals surface area contributed by atoms with Gasteiger partial charge in [-0.25, -0.2) is 0 Å². The summed E-state index contributed by atoms with van der Waals surface area (Å²) in [7, 11) is 1.30. The highest BCUT2D eigenvalue weighted by Crippen LogP contribution is 2.24. The lowest BCUT2D eigenvalue weighted by Crippen LogP contribution is -2.37. The van der Waals surface area contributed by atoms with Gasteiger partial charge in [-0.15, -0.1) is 0 Å². The molecule has 0 aliphatic carbocycles. The first kappa shape index (κ1) is 15.3. The first-order valence-corrected chi connectivity index (χ1v) is 6.18. The zero-order valence-corrected chi connectivity index (χ0v) is 11.6. The van der Waals surface area contributed by atoms with Gasteiger partial charge in [0, 0.05) is 6.54 Å². The van der Waals surface area contributed by atoms with Crippen molar-refractivity contribution >= 4 is 23.5 Å². The van der Waals surface area contributed by atoms with Crippen LogP contribution in [-0.2, 0) is 14.3 Å². The van der Waals surface area contributed by atoms with Crippen molar-refractivity contribution in [2.24, 2.45) is 0 Å². The average Bonchev–Trinajstić information content (AvgIpc) is 2.40. The number of hydrogen-bond donors (Lipinski definition) is 1. The lowest BCUT2D eigenvalue weighted by atomic mass is 10.3. The van der Waals surface area contributed by atoms with Crippen LogP contribution in [0.3, 0.4) is 0 Å².